The van der Waals surface area contributed by atoms with Gasteiger partial charge in [0.15, 0.2) is 4.32 Å². The highest BCUT2D eigenvalue weighted by Gasteiger charge is 2.33. The van der Waals surface area contributed by atoms with Gasteiger partial charge in [0.05, 0.1) is 17.7 Å². The number of amides is 1. The molecule has 1 fully saturated rings. The van der Waals surface area contributed by atoms with E-state index in [1.807, 2.05) is 49.4 Å². The SMILES string of the molecule is Cc1ccc(N2C(=O)/C(=C/c3cc(I)c(O)c(I)c3)SC2=S)cc1. The highest BCUT2D eigenvalue weighted by atomic mass is 127. The summed E-state index contributed by atoms with van der Waals surface area (Å²) >= 11 is 10.8. The van der Waals surface area contributed by atoms with E-state index in [0.717, 1.165) is 24.0 Å². The Hall–Kier alpha value is -0.650. The first-order valence-corrected chi connectivity index (χ1v) is 10.3. The minimum Gasteiger partial charge on any atom is -0.506 e. The molecule has 0 aromatic heterocycles. The second kappa shape index (κ2) is 7.30. The molecule has 0 aliphatic carbocycles. The van der Waals surface area contributed by atoms with E-state index in [0.29, 0.717) is 9.23 Å². The number of aryl methyl sites for hydroxylation is 1. The number of anilines is 1. The average molecular weight is 579 g/mol. The Labute approximate surface area is 176 Å². The van der Waals surface area contributed by atoms with Gasteiger partial charge in [0.2, 0.25) is 0 Å². The Bertz CT molecular complexity index is 856. The van der Waals surface area contributed by atoms with Crippen LogP contribution < -0.4 is 4.90 Å². The Morgan fingerprint density at radius 2 is 1.75 bits per heavy atom. The summed E-state index contributed by atoms with van der Waals surface area (Å²) in [5.41, 5.74) is 2.78. The van der Waals surface area contributed by atoms with Crippen LogP contribution in [-0.4, -0.2) is 15.3 Å². The summed E-state index contributed by atoms with van der Waals surface area (Å²) in [6.45, 7) is 2.00. The van der Waals surface area contributed by atoms with Crippen molar-refractivity contribution in [2.45, 2.75) is 6.92 Å². The fourth-order valence-electron chi connectivity index (χ4n) is 2.20. The summed E-state index contributed by atoms with van der Waals surface area (Å²) in [4.78, 5) is 14.9. The molecule has 0 spiro atoms. The van der Waals surface area contributed by atoms with E-state index >= 15 is 0 Å². The number of aromatic hydroxyl groups is 1. The molecular formula is C17H11I2NO2S2. The predicted molar refractivity (Wildman–Crippen MR) is 120 cm³/mol. The Morgan fingerprint density at radius 1 is 1.17 bits per heavy atom. The van der Waals surface area contributed by atoms with Gasteiger partial charge in [-0.25, -0.2) is 0 Å². The summed E-state index contributed by atoms with van der Waals surface area (Å²) in [6, 6.07) is 11.4. The lowest BCUT2D eigenvalue weighted by Gasteiger charge is -2.14. The zero-order valence-corrected chi connectivity index (χ0v) is 18.4. The number of thioether (sulfide) groups is 1. The number of carbonyl (C=O) groups is 1. The molecule has 0 atom stereocenters. The van der Waals surface area contributed by atoms with Gasteiger partial charge in [-0.3, -0.25) is 9.69 Å². The zero-order valence-electron chi connectivity index (χ0n) is 12.4. The minimum absolute atomic E-state index is 0.119. The number of hydrogen-bond acceptors (Lipinski definition) is 4. The molecule has 0 saturated carbocycles. The fraction of sp³-hybridized carbons (Fsp3) is 0.0588. The molecule has 3 rings (SSSR count). The Balaban J connectivity index is 1.95. The van der Waals surface area contributed by atoms with E-state index in [1.54, 1.807) is 4.90 Å². The molecule has 122 valence electrons. The molecule has 2 aromatic rings. The molecule has 1 saturated heterocycles. The molecular weight excluding hydrogens is 568 g/mol. The van der Waals surface area contributed by atoms with Gasteiger partial charge in [0.1, 0.15) is 5.75 Å². The van der Waals surface area contributed by atoms with Crippen LogP contribution in [0.5, 0.6) is 5.75 Å². The summed E-state index contributed by atoms with van der Waals surface area (Å²) < 4.78 is 2.03. The predicted octanol–water partition coefficient (Wildman–Crippen LogP) is 5.32. The summed E-state index contributed by atoms with van der Waals surface area (Å²) in [6.07, 6.45) is 1.82. The number of nitrogens with zero attached hydrogens (tertiary/aromatic N) is 1. The smallest absolute Gasteiger partial charge is 0.270 e. The van der Waals surface area contributed by atoms with Crippen LogP contribution in [0.25, 0.3) is 6.08 Å². The number of benzene rings is 2. The van der Waals surface area contributed by atoms with Gasteiger partial charge in [-0.15, -0.1) is 0 Å². The van der Waals surface area contributed by atoms with Gasteiger partial charge in [-0.2, -0.15) is 0 Å². The second-order valence-electron chi connectivity index (χ2n) is 5.19. The van der Waals surface area contributed by atoms with Crippen LogP contribution in [0, 0.1) is 14.1 Å². The fourth-order valence-corrected chi connectivity index (χ4v) is 5.32. The van der Waals surface area contributed by atoms with Gasteiger partial charge in [-0.05, 0) is 88.0 Å². The average Bonchev–Trinajstić information content (AvgIpc) is 2.80. The third-order valence-electron chi connectivity index (χ3n) is 3.42. The Kier molecular flexibility index (Phi) is 5.52. The number of thiocarbonyl (C=S) groups is 1. The summed E-state index contributed by atoms with van der Waals surface area (Å²) in [7, 11) is 0. The van der Waals surface area contributed by atoms with E-state index in [2.05, 4.69) is 45.2 Å². The van der Waals surface area contributed by atoms with Crippen molar-refractivity contribution in [1.82, 2.24) is 0 Å². The number of hydrogen-bond donors (Lipinski definition) is 1. The standard InChI is InChI=1S/C17H11I2NO2S2/c1-9-2-4-11(5-3-9)20-16(22)14(24-17(20)23)8-10-6-12(18)15(21)13(19)7-10/h2-8,21H,1H3/b14-8-. The molecule has 7 heteroatoms. The van der Waals surface area contributed by atoms with Crippen molar-refractivity contribution in [3.63, 3.8) is 0 Å². The van der Waals surface area contributed by atoms with Crippen molar-refractivity contribution in [2.75, 3.05) is 4.90 Å². The van der Waals surface area contributed by atoms with Crippen LogP contribution in [0.3, 0.4) is 0 Å². The Morgan fingerprint density at radius 3 is 2.33 bits per heavy atom. The van der Waals surface area contributed by atoms with Crippen LogP contribution >= 0.6 is 69.2 Å². The second-order valence-corrected chi connectivity index (χ2v) is 9.19. The molecule has 2 aromatic carbocycles. The van der Waals surface area contributed by atoms with E-state index in [1.165, 1.54) is 11.8 Å². The van der Waals surface area contributed by atoms with Crippen molar-refractivity contribution >= 4 is 91.2 Å². The van der Waals surface area contributed by atoms with Gasteiger partial charge in [0.25, 0.3) is 5.91 Å². The van der Waals surface area contributed by atoms with E-state index in [-0.39, 0.29) is 11.7 Å². The van der Waals surface area contributed by atoms with Crippen molar-refractivity contribution in [1.29, 1.82) is 0 Å². The molecule has 1 amide bonds. The summed E-state index contributed by atoms with van der Waals surface area (Å²) in [5.74, 6) is 0.146. The molecule has 24 heavy (non-hydrogen) atoms. The number of halogens is 2. The topological polar surface area (TPSA) is 40.5 Å². The lowest BCUT2D eigenvalue weighted by molar-refractivity contribution is -0.113. The maximum Gasteiger partial charge on any atom is 0.270 e. The molecule has 0 radical (unpaired) electrons. The van der Waals surface area contributed by atoms with E-state index in [9.17, 15) is 9.90 Å². The maximum absolute atomic E-state index is 12.7. The van der Waals surface area contributed by atoms with Crippen molar-refractivity contribution in [3.05, 3.63) is 59.6 Å². The molecule has 1 heterocycles. The molecule has 3 nitrogen and oxygen atoms in total. The van der Waals surface area contributed by atoms with Crippen LogP contribution in [0.15, 0.2) is 41.3 Å². The van der Waals surface area contributed by atoms with Gasteiger partial charge in [-0.1, -0.05) is 41.7 Å². The first kappa shape index (κ1) is 18.2. The highest BCUT2D eigenvalue weighted by Crippen LogP contribution is 2.37. The highest BCUT2D eigenvalue weighted by molar-refractivity contribution is 14.1. The quantitative estimate of drug-likeness (QED) is 0.298. The first-order chi connectivity index (χ1) is 11.4. The zero-order chi connectivity index (χ0) is 17.4. The van der Waals surface area contributed by atoms with Crippen LogP contribution in [0.1, 0.15) is 11.1 Å². The summed E-state index contributed by atoms with van der Waals surface area (Å²) in [5, 5.41) is 9.86. The monoisotopic (exact) mass is 579 g/mol. The third kappa shape index (κ3) is 3.63. The van der Waals surface area contributed by atoms with Gasteiger partial charge >= 0.3 is 0 Å². The molecule has 1 aliphatic rings. The van der Waals surface area contributed by atoms with Crippen LogP contribution in [0.4, 0.5) is 5.69 Å². The lowest BCUT2D eigenvalue weighted by atomic mass is 10.2. The number of rotatable bonds is 2. The van der Waals surface area contributed by atoms with Gasteiger partial charge < -0.3 is 5.11 Å². The molecule has 0 bridgehead atoms. The molecule has 1 N–H and O–H groups in total. The van der Waals surface area contributed by atoms with Crippen LogP contribution in [0.2, 0.25) is 0 Å². The van der Waals surface area contributed by atoms with E-state index < -0.39 is 0 Å². The molecule has 1 aliphatic heterocycles. The third-order valence-corrected chi connectivity index (χ3v) is 6.37. The first-order valence-electron chi connectivity index (χ1n) is 6.89. The van der Waals surface area contributed by atoms with Crippen molar-refractivity contribution < 1.29 is 9.90 Å². The lowest BCUT2D eigenvalue weighted by Crippen LogP contribution is -2.27. The number of phenolic OH excluding ortho intramolecular Hbond substituents is 1. The number of carbonyl (C=O) groups excluding carboxylic acids is 1. The number of phenols is 1. The van der Waals surface area contributed by atoms with E-state index in [4.69, 9.17) is 12.2 Å². The van der Waals surface area contributed by atoms with Crippen molar-refractivity contribution in [2.24, 2.45) is 0 Å². The molecule has 0 unspecified atom stereocenters. The normalized spacial score (nSPS) is 16.3. The minimum atomic E-state index is -0.119. The van der Waals surface area contributed by atoms with Crippen LogP contribution in [-0.2, 0) is 4.79 Å². The largest absolute Gasteiger partial charge is 0.506 e. The maximum atomic E-state index is 12.7. The van der Waals surface area contributed by atoms with Crippen molar-refractivity contribution in [3.8, 4) is 5.75 Å². The van der Waals surface area contributed by atoms with Gasteiger partial charge in [0, 0.05) is 0 Å².